The predicted octanol–water partition coefficient (Wildman–Crippen LogP) is 3.20. The smallest absolute Gasteiger partial charge is 0.153 e. The van der Waals surface area contributed by atoms with Gasteiger partial charge in [-0.05, 0) is 18.8 Å². The first-order valence-corrected chi connectivity index (χ1v) is 6.58. The SMILES string of the molecule is CBC1=C(O)C(Br)C[C@@H](C)C(Br)C1. The van der Waals surface area contributed by atoms with E-state index >= 15 is 0 Å². The quantitative estimate of drug-likeness (QED) is 0.582. The van der Waals surface area contributed by atoms with Crippen LogP contribution in [0.25, 0.3) is 0 Å². The zero-order valence-electron chi connectivity index (χ0n) is 8.06. The number of halogens is 2. The maximum atomic E-state index is 9.86. The lowest BCUT2D eigenvalue weighted by atomic mass is 9.69. The topological polar surface area (TPSA) is 20.2 Å². The summed E-state index contributed by atoms with van der Waals surface area (Å²) in [6.07, 6.45) is 1.98. The van der Waals surface area contributed by atoms with Gasteiger partial charge < -0.3 is 5.11 Å². The van der Waals surface area contributed by atoms with Gasteiger partial charge in [0.1, 0.15) is 0 Å². The molecule has 0 fully saturated rings. The highest BCUT2D eigenvalue weighted by Gasteiger charge is 2.27. The van der Waals surface area contributed by atoms with Crippen molar-refractivity contribution in [2.45, 2.75) is 36.2 Å². The standard InChI is InChI=1S/C9H15BBr2O/c1-5-3-8(12)9(13)6(10-2)4-7(5)11/h5,7-8,10,13H,3-4H2,1-2H3/t5-,7?,8?/m1/s1. The third-order valence-corrected chi connectivity index (χ3v) is 4.76. The Kier molecular flexibility index (Phi) is 4.37. The van der Waals surface area contributed by atoms with Gasteiger partial charge in [-0.2, -0.15) is 0 Å². The Morgan fingerprint density at radius 3 is 2.62 bits per heavy atom. The Morgan fingerprint density at radius 1 is 1.46 bits per heavy atom. The number of aliphatic hydroxyl groups is 1. The molecule has 0 spiro atoms. The molecule has 13 heavy (non-hydrogen) atoms. The molecule has 0 radical (unpaired) electrons. The van der Waals surface area contributed by atoms with Gasteiger partial charge in [0.2, 0.25) is 0 Å². The lowest BCUT2D eigenvalue weighted by Gasteiger charge is -2.15. The molecule has 1 N–H and O–H groups in total. The largest absolute Gasteiger partial charge is 0.512 e. The van der Waals surface area contributed by atoms with Crippen molar-refractivity contribution in [2.24, 2.45) is 5.92 Å². The molecule has 1 nitrogen and oxygen atoms in total. The molecule has 0 saturated heterocycles. The van der Waals surface area contributed by atoms with Gasteiger partial charge in [-0.25, -0.2) is 0 Å². The van der Waals surface area contributed by atoms with Crippen LogP contribution in [-0.2, 0) is 0 Å². The van der Waals surface area contributed by atoms with Crippen molar-refractivity contribution in [2.75, 3.05) is 0 Å². The lowest BCUT2D eigenvalue weighted by molar-refractivity contribution is 0.382. The average molecular weight is 310 g/mol. The van der Waals surface area contributed by atoms with Crippen molar-refractivity contribution in [3.63, 3.8) is 0 Å². The number of hydrogen-bond donors (Lipinski definition) is 1. The molecule has 3 atom stereocenters. The second-order valence-electron chi connectivity index (χ2n) is 3.74. The van der Waals surface area contributed by atoms with Crippen molar-refractivity contribution < 1.29 is 5.11 Å². The van der Waals surface area contributed by atoms with Crippen molar-refractivity contribution in [3.8, 4) is 0 Å². The van der Waals surface area contributed by atoms with E-state index in [1.807, 2.05) is 0 Å². The Bertz CT molecular complexity index is 218. The van der Waals surface area contributed by atoms with E-state index in [1.54, 1.807) is 0 Å². The van der Waals surface area contributed by atoms with Crippen molar-refractivity contribution in [1.82, 2.24) is 0 Å². The van der Waals surface area contributed by atoms with Gasteiger partial charge in [-0.3, -0.25) is 0 Å². The number of allylic oxidation sites excluding steroid dienone is 2. The van der Waals surface area contributed by atoms with Crippen molar-refractivity contribution >= 4 is 39.1 Å². The molecule has 0 amide bonds. The fourth-order valence-corrected chi connectivity index (χ4v) is 3.19. The van der Waals surface area contributed by atoms with Crippen LogP contribution in [0, 0.1) is 5.92 Å². The van der Waals surface area contributed by atoms with Crippen LogP contribution < -0.4 is 0 Å². The Hall–Kier alpha value is 0.565. The molecule has 2 unspecified atom stereocenters. The molecule has 0 aliphatic heterocycles. The van der Waals surface area contributed by atoms with Crippen molar-refractivity contribution in [1.29, 1.82) is 0 Å². The summed E-state index contributed by atoms with van der Waals surface area (Å²) >= 11 is 7.20. The van der Waals surface area contributed by atoms with E-state index in [9.17, 15) is 5.11 Å². The minimum Gasteiger partial charge on any atom is -0.512 e. The van der Waals surface area contributed by atoms with E-state index < -0.39 is 0 Å². The molecular formula is C9H15BBr2O. The summed E-state index contributed by atoms with van der Waals surface area (Å²) in [5, 5.41) is 9.86. The summed E-state index contributed by atoms with van der Waals surface area (Å²) in [5.41, 5.74) is 1.19. The molecule has 0 aromatic rings. The Morgan fingerprint density at radius 2 is 2.08 bits per heavy atom. The van der Waals surface area contributed by atoms with Gasteiger partial charge >= 0.3 is 0 Å². The van der Waals surface area contributed by atoms with Crippen LogP contribution in [0.2, 0.25) is 6.82 Å². The summed E-state index contributed by atoms with van der Waals surface area (Å²) in [5.74, 6) is 1.17. The normalized spacial score (nSPS) is 35.8. The number of alkyl halides is 2. The predicted molar refractivity (Wildman–Crippen MR) is 66.5 cm³/mol. The van der Waals surface area contributed by atoms with E-state index in [2.05, 4.69) is 45.6 Å². The molecule has 0 aromatic carbocycles. The second kappa shape index (κ2) is 4.88. The maximum Gasteiger partial charge on any atom is 0.153 e. The highest BCUT2D eigenvalue weighted by Crippen LogP contribution is 2.34. The van der Waals surface area contributed by atoms with Gasteiger partial charge in [-0.15, -0.1) is 0 Å². The summed E-state index contributed by atoms with van der Waals surface area (Å²) in [7, 11) is 0.947. The van der Waals surface area contributed by atoms with Crippen LogP contribution in [-0.4, -0.2) is 22.0 Å². The van der Waals surface area contributed by atoms with Crippen LogP contribution >= 0.6 is 31.9 Å². The minimum atomic E-state index is 0.153. The first kappa shape index (κ1) is 11.6. The zero-order valence-corrected chi connectivity index (χ0v) is 11.2. The fraction of sp³-hybridized carbons (Fsp3) is 0.778. The van der Waals surface area contributed by atoms with E-state index in [-0.39, 0.29) is 4.83 Å². The number of rotatable bonds is 1. The average Bonchev–Trinajstić information content (AvgIpc) is 2.18. The van der Waals surface area contributed by atoms with Crippen LogP contribution in [0.15, 0.2) is 11.2 Å². The molecule has 74 valence electrons. The fourth-order valence-electron chi connectivity index (χ4n) is 1.67. The van der Waals surface area contributed by atoms with Gasteiger partial charge in [0, 0.05) is 4.83 Å². The summed E-state index contributed by atoms with van der Waals surface area (Å²) in [6, 6.07) is 0. The Balaban J connectivity index is 2.85. The molecule has 1 rings (SSSR count). The van der Waals surface area contributed by atoms with Gasteiger partial charge in [0.25, 0.3) is 0 Å². The van der Waals surface area contributed by atoms with E-state index in [1.165, 1.54) is 5.47 Å². The Labute approximate surface area is 97.5 Å². The highest BCUT2D eigenvalue weighted by molar-refractivity contribution is 9.10. The molecule has 4 heteroatoms. The maximum absolute atomic E-state index is 9.86. The first-order chi connectivity index (χ1) is 6.06. The summed E-state index contributed by atoms with van der Waals surface area (Å²) in [4.78, 5) is 0.659. The molecule has 1 aliphatic rings. The van der Waals surface area contributed by atoms with E-state index in [4.69, 9.17) is 0 Å². The van der Waals surface area contributed by atoms with Gasteiger partial charge in [-0.1, -0.05) is 51.1 Å². The first-order valence-electron chi connectivity index (χ1n) is 4.75. The van der Waals surface area contributed by atoms with Crippen molar-refractivity contribution in [3.05, 3.63) is 11.2 Å². The zero-order chi connectivity index (χ0) is 10.0. The molecular weight excluding hydrogens is 295 g/mol. The summed E-state index contributed by atoms with van der Waals surface area (Å²) < 4.78 is 0. The molecule has 0 heterocycles. The van der Waals surface area contributed by atoms with Crippen LogP contribution in [0.5, 0.6) is 0 Å². The third kappa shape index (κ3) is 2.75. The van der Waals surface area contributed by atoms with Gasteiger partial charge in [0.05, 0.1) is 10.6 Å². The number of aliphatic hydroxyl groups excluding tert-OH is 1. The van der Waals surface area contributed by atoms with Crippen LogP contribution in [0.3, 0.4) is 0 Å². The van der Waals surface area contributed by atoms with E-state index in [0.29, 0.717) is 16.5 Å². The minimum absolute atomic E-state index is 0.153. The van der Waals surface area contributed by atoms with Gasteiger partial charge in [0.15, 0.2) is 7.28 Å². The summed E-state index contributed by atoms with van der Waals surface area (Å²) in [6.45, 7) is 4.32. The number of hydrogen-bond acceptors (Lipinski definition) is 1. The molecule has 0 saturated carbocycles. The molecule has 0 aromatic heterocycles. The molecule has 0 bridgehead atoms. The third-order valence-electron chi connectivity index (χ3n) is 2.72. The monoisotopic (exact) mass is 308 g/mol. The second-order valence-corrected chi connectivity index (χ2v) is 6.02. The van der Waals surface area contributed by atoms with Crippen LogP contribution in [0.4, 0.5) is 0 Å². The van der Waals surface area contributed by atoms with E-state index in [0.717, 1.165) is 20.1 Å². The lowest BCUT2D eigenvalue weighted by Crippen LogP contribution is -2.12. The highest BCUT2D eigenvalue weighted by atomic mass is 79.9. The van der Waals surface area contributed by atoms with Crippen LogP contribution in [0.1, 0.15) is 19.8 Å². The molecule has 1 aliphatic carbocycles.